The second-order valence-electron chi connectivity index (χ2n) is 2.65. The van der Waals surface area contributed by atoms with E-state index in [4.69, 9.17) is 0 Å². The molecule has 0 rings (SSSR count). The summed E-state index contributed by atoms with van der Waals surface area (Å²) in [6.45, 7) is 1.96. The topological polar surface area (TPSA) is 63.7 Å². The SMILES string of the molecule is CCOC(=O)CCS(=O)(=O)N(C)C. The molecule has 0 fully saturated rings. The van der Waals surface area contributed by atoms with Crippen molar-refractivity contribution in [2.45, 2.75) is 13.3 Å². The van der Waals surface area contributed by atoms with Gasteiger partial charge in [0, 0.05) is 14.1 Å². The van der Waals surface area contributed by atoms with E-state index in [-0.39, 0.29) is 18.8 Å². The largest absolute Gasteiger partial charge is 0.466 e. The van der Waals surface area contributed by atoms with E-state index in [0.717, 1.165) is 4.31 Å². The molecule has 0 spiro atoms. The zero-order chi connectivity index (χ0) is 10.5. The van der Waals surface area contributed by atoms with Crippen LogP contribution in [0.1, 0.15) is 13.3 Å². The Morgan fingerprint density at radius 1 is 1.38 bits per heavy atom. The quantitative estimate of drug-likeness (QED) is 0.590. The fourth-order valence-corrected chi connectivity index (χ4v) is 1.42. The number of hydrogen-bond donors (Lipinski definition) is 0. The first-order chi connectivity index (χ1) is 5.90. The molecule has 6 heteroatoms. The summed E-state index contributed by atoms with van der Waals surface area (Å²) in [4.78, 5) is 10.8. The highest BCUT2D eigenvalue weighted by atomic mass is 32.2. The number of carbonyl (C=O) groups excluding carboxylic acids is 1. The van der Waals surface area contributed by atoms with E-state index in [1.807, 2.05) is 0 Å². The number of hydrogen-bond acceptors (Lipinski definition) is 4. The van der Waals surface area contributed by atoms with Crippen LogP contribution in [0.2, 0.25) is 0 Å². The third-order valence-electron chi connectivity index (χ3n) is 1.43. The Morgan fingerprint density at radius 3 is 2.31 bits per heavy atom. The zero-order valence-corrected chi connectivity index (χ0v) is 8.93. The summed E-state index contributed by atoms with van der Waals surface area (Å²) < 4.78 is 28.0. The average molecular weight is 209 g/mol. The van der Waals surface area contributed by atoms with Crippen molar-refractivity contribution in [3.05, 3.63) is 0 Å². The first kappa shape index (κ1) is 12.4. The summed E-state index contributed by atoms with van der Waals surface area (Å²) in [7, 11) is -0.417. The highest BCUT2D eigenvalue weighted by Crippen LogP contribution is 1.98. The predicted octanol–water partition coefficient (Wildman–Crippen LogP) is -0.169. The third-order valence-corrected chi connectivity index (χ3v) is 3.26. The van der Waals surface area contributed by atoms with E-state index >= 15 is 0 Å². The maximum Gasteiger partial charge on any atom is 0.306 e. The van der Waals surface area contributed by atoms with Gasteiger partial charge in [0.1, 0.15) is 0 Å². The van der Waals surface area contributed by atoms with E-state index in [2.05, 4.69) is 4.74 Å². The molecule has 0 heterocycles. The minimum absolute atomic E-state index is 0.0889. The Hall–Kier alpha value is -0.620. The van der Waals surface area contributed by atoms with Crippen molar-refractivity contribution in [3.63, 3.8) is 0 Å². The van der Waals surface area contributed by atoms with Crippen LogP contribution >= 0.6 is 0 Å². The summed E-state index contributed by atoms with van der Waals surface area (Å²) in [6.07, 6.45) is -0.0889. The summed E-state index contributed by atoms with van der Waals surface area (Å²) >= 11 is 0. The van der Waals surface area contributed by atoms with Crippen LogP contribution in [0.4, 0.5) is 0 Å². The summed E-state index contributed by atoms with van der Waals surface area (Å²) in [5, 5.41) is 0. The van der Waals surface area contributed by atoms with E-state index in [1.54, 1.807) is 6.92 Å². The fourth-order valence-electron chi connectivity index (χ4n) is 0.628. The molecule has 0 amide bonds. The van der Waals surface area contributed by atoms with Crippen molar-refractivity contribution in [3.8, 4) is 0 Å². The number of ether oxygens (including phenoxy) is 1. The van der Waals surface area contributed by atoms with E-state index in [0.29, 0.717) is 0 Å². The van der Waals surface area contributed by atoms with Gasteiger partial charge < -0.3 is 4.74 Å². The Balaban J connectivity index is 3.96. The van der Waals surface area contributed by atoms with E-state index < -0.39 is 16.0 Å². The average Bonchev–Trinajstić information content (AvgIpc) is 2.01. The van der Waals surface area contributed by atoms with Crippen LogP contribution in [0.15, 0.2) is 0 Å². The first-order valence-electron chi connectivity index (χ1n) is 3.96. The molecule has 0 saturated carbocycles. The van der Waals surface area contributed by atoms with Gasteiger partial charge in [-0.1, -0.05) is 0 Å². The van der Waals surface area contributed by atoms with Crippen LogP contribution in [-0.2, 0) is 19.6 Å². The summed E-state index contributed by atoms with van der Waals surface area (Å²) in [5.41, 5.74) is 0. The molecule has 0 aliphatic rings. The van der Waals surface area contributed by atoms with Crippen LogP contribution in [-0.4, -0.2) is 45.1 Å². The van der Waals surface area contributed by atoms with Crippen LogP contribution in [0.25, 0.3) is 0 Å². The van der Waals surface area contributed by atoms with Gasteiger partial charge in [-0.3, -0.25) is 4.79 Å². The highest BCUT2D eigenvalue weighted by Gasteiger charge is 2.15. The number of carbonyl (C=O) groups is 1. The number of nitrogens with zero attached hydrogens (tertiary/aromatic N) is 1. The number of rotatable bonds is 5. The minimum atomic E-state index is -3.28. The summed E-state index contributed by atoms with van der Waals surface area (Å²) in [5.74, 6) is -0.674. The second kappa shape index (κ2) is 5.18. The van der Waals surface area contributed by atoms with E-state index in [9.17, 15) is 13.2 Å². The zero-order valence-electron chi connectivity index (χ0n) is 8.11. The van der Waals surface area contributed by atoms with Crippen molar-refractivity contribution in [1.29, 1.82) is 0 Å². The molecule has 0 aromatic heterocycles. The Morgan fingerprint density at radius 2 is 1.92 bits per heavy atom. The van der Waals surface area contributed by atoms with Gasteiger partial charge in [0.25, 0.3) is 0 Å². The molecule has 0 aromatic rings. The molecular formula is C7H15NO4S. The predicted molar refractivity (Wildman–Crippen MR) is 48.7 cm³/mol. The van der Waals surface area contributed by atoms with Gasteiger partial charge in [0.2, 0.25) is 10.0 Å². The van der Waals surface area contributed by atoms with Crippen molar-refractivity contribution in [2.75, 3.05) is 26.5 Å². The second-order valence-corrected chi connectivity index (χ2v) is 4.96. The maximum atomic E-state index is 11.2. The molecule has 0 bridgehead atoms. The first-order valence-corrected chi connectivity index (χ1v) is 5.57. The fraction of sp³-hybridized carbons (Fsp3) is 0.857. The Kier molecular flexibility index (Phi) is 4.94. The van der Waals surface area contributed by atoms with Gasteiger partial charge in [0.15, 0.2) is 0 Å². The molecule has 78 valence electrons. The smallest absolute Gasteiger partial charge is 0.306 e. The van der Waals surface area contributed by atoms with Crippen molar-refractivity contribution >= 4 is 16.0 Å². The maximum absolute atomic E-state index is 11.2. The Labute approximate surface area is 78.7 Å². The number of esters is 1. The van der Waals surface area contributed by atoms with Gasteiger partial charge in [-0.25, -0.2) is 12.7 Å². The standard InChI is InChI=1S/C7H15NO4S/c1-4-12-7(9)5-6-13(10,11)8(2)3/h4-6H2,1-3H3. The molecule has 0 saturated heterocycles. The molecule has 0 atom stereocenters. The lowest BCUT2D eigenvalue weighted by molar-refractivity contribution is -0.142. The summed E-state index contributed by atoms with van der Waals surface area (Å²) in [6, 6.07) is 0. The van der Waals surface area contributed by atoms with Gasteiger partial charge in [0.05, 0.1) is 18.8 Å². The van der Waals surface area contributed by atoms with E-state index in [1.165, 1.54) is 14.1 Å². The van der Waals surface area contributed by atoms with Crippen LogP contribution in [0.5, 0.6) is 0 Å². The van der Waals surface area contributed by atoms with Crippen LogP contribution in [0.3, 0.4) is 0 Å². The molecule has 0 unspecified atom stereocenters. The molecule has 0 aliphatic heterocycles. The number of sulfonamides is 1. The lowest BCUT2D eigenvalue weighted by Crippen LogP contribution is -2.26. The van der Waals surface area contributed by atoms with Gasteiger partial charge in [-0.05, 0) is 6.92 Å². The van der Waals surface area contributed by atoms with Gasteiger partial charge >= 0.3 is 5.97 Å². The molecule has 0 aliphatic carbocycles. The van der Waals surface area contributed by atoms with Crippen LogP contribution in [0, 0.1) is 0 Å². The van der Waals surface area contributed by atoms with Gasteiger partial charge in [-0.2, -0.15) is 0 Å². The lowest BCUT2D eigenvalue weighted by atomic mass is 10.5. The molecule has 0 radical (unpaired) electrons. The molecule has 5 nitrogen and oxygen atoms in total. The molecule has 13 heavy (non-hydrogen) atoms. The van der Waals surface area contributed by atoms with Crippen molar-refractivity contribution in [1.82, 2.24) is 4.31 Å². The molecule has 0 aromatic carbocycles. The van der Waals surface area contributed by atoms with Crippen molar-refractivity contribution < 1.29 is 17.9 Å². The minimum Gasteiger partial charge on any atom is -0.466 e. The van der Waals surface area contributed by atoms with Crippen molar-refractivity contribution in [2.24, 2.45) is 0 Å². The monoisotopic (exact) mass is 209 g/mol. The Bertz CT molecular complexity index is 258. The third kappa shape index (κ3) is 4.84. The van der Waals surface area contributed by atoms with Gasteiger partial charge in [-0.15, -0.1) is 0 Å². The normalized spacial score (nSPS) is 11.7. The lowest BCUT2D eigenvalue weighted by Gasteiger charge is -2.10. The molecular weight excluding hydrogens is 194 g/mol. The molecule has 0 N–H and O–H groups in total. The van der Waals surface area contributed by atoms with Crippen LogP contribution < -0.4 is 0 Å². The highest BCUT2D eigenvalue weighted by molar-refractivity contribution is 7.89.